The molecule has 19 heavy (non-hydrogen) atoms. The molecule has 1 unspecified atom stereocenters. The van der Waals surface area contributed by atoms with Crippen LogP contribution in [0.5, 0.6) is 11.5 Å². The second-order valence-electron chi connectivity index (χ2n) is 6.36. The third kappa shape index (κ3) is 3.87. The summed E-state index contributed by atoms with van der Waals surface area (Å²) >= 11 is 0. The Labute approximate surface area is 116 Å². The van der Waals surface area contributed by atoms with Crippen LogP contribution >= 0.6 is 0 Å². The molecular weight excluding hydrogens is 238 g/mol. The highest BCUT2D eigenvalue weighted by Crippen LogP contribution is 2.34. The molecule has 1 heterocycles. The maximum Gasteiger partial charge on any atom is 0.124 e. The Hall–Kier alpha value is -1.22. The molecule has 0 aromatic heterocycles. The molecule has 0 fully saturated rings. The van der Waals surface area contributed by atoms with Gasteiger partial charge in [0.25, 0.3) is 0 Å². The summed E-state index contributed by atoms with van der Waals surface area (Å²) in [5, 5.41) is 3.65. The first-order valence-corrected chi connectivity index (χ1v) is 7.04. The molecule has 3 nitrogen and oxygen atoms in total. The number of hydrogen-bond acceptors (Lipinski definition) is 3. The first-order chi connectivity index (χ1) is 8.99. The van der Waals surface area contributed by atoms with Crippen molar-refractivity contribution in [1.29, 1.82) is 0 Å². The standard InChI is InChI=1S/C16H25NO2/c1-16(2,3)8-9-17-14-7-10-19-15-6-5-12(18-4)11-13(14)15/h5-6,11,14,17H,7-10H2,1-4H3. The molecule has 1 N–H and O–H groups in total. The van der Waals surface area contributed by atoms with Gasteiger partial charge in [-0.2, -0.15) is 0 Å². The van der Waals surface area contributed by atoms with Gasteiger partial charge in [0.05, 0.1) is 13.7 Å². The SMILES string of the molecule is COc1ccc2c(c1)C(NCCC(C)(C)C)CCO2. The number of benzene rings is 1. The Morgan fingerprint density at radius 2 is 2.16 bits per heavy atom. The lowest BCUT2D eigenvalue weighted by Crippen LogP contribution is -2.29. The first-order valence-electron chi connectivity index (χ1n) is 7.04. The van der Waals surface area contributed by atoms with Gasteiger partial charge in [-0.3, -0.25) is 0 Å². The molecule has 0 aliphatic carbocycles. The molecule has 0 radical (unpaired) electrons. The average Bonchev–Trinajstić information content (AvgIpc) is 2.37. The number of nitrogens with one attached hydrogen (secondary N) is 1. The Kier molecular flexibility index (Phi) is 4.35. The van der Waals surface area contributed by atoms with Crippen molar-refractivity contribution in [3.63, 3.8) is 0 Å². The van der Waals surface area contributed by atoms with Crippen LogP contribution in [-0.2, 0) is 0 Å². The fourth-order valence-corrected chi connectivity index (χ4v) is 2.33. The van der Waals surface area contributed by atoms with Crippen LogP contribution in [0.3, 0.4) is 0 Å². The molecule has 1 aromatic rings. The summed E-state index contributed by atoms with van der Waals surface area (Å²) in [6, 6.07) is 6.42. The molecule has 1 aromatic carbocycles. The summed E-state index contributed by atoms with van der Waals surface area (Å²) in [6.07, 6.45) is 2.19. The topological polar surface area (TPSA) is 30.5 Å². The number of methoxy groups -OCH3 is 1. The zero-order valence-corrected chi connectivity index (χ0v) is 12.5. The van der Waals surface area contributed by atoms with E-state index in [-0.39, 0.29) is 0 Å². The Balaban J connectivity index is 2.04. The lowest BCUT2D eigenvalue weighted by molar-refractivity contribution is 0.246. The van der Waals surface area contributed by atoms with E-state index in [1.165, 1.54) is 12.0 Å². The van der Waals surface area contributed by atoms with Crippen LogP contribution < -0.4 is 14.8 Å². The van der Waals surface area contributed by atoms with Gasteiger partial charge in [0.2, 0.25) is 0 Å². The van der Waals surface area contributed by atoms with Gasteiger partial charge in [-0.25, -0.2) is 0 Å². The van der Waals surface area contributed by atoms with Crippen LogP contribution in [0.1, 0.15) is 45.2 Å². The van der Waals surface area contributed by atoms with Crippen LogP contribution in [-0.4, -0.2) is 20.3 Å². The van der Waals surface area contributed by atoms with Crippen LogP contribution in [0, 0.1) is 5.41 Å². The van der Waals surface area contributed by atoms with E-state index in [1.54, 1.807) is 7.11 Å². The smallest absolute Gasteiger partial charge is 0.124 e. The van der Waals surface area contributed by atoms with Crippen molar-refractivity contribution < 1.29 is 9.47 Å². The van der Waals surface area contributed by atoms with E-state index in [0.29, 0.717) is 11.5 Å². The third-order valence-corrected chi connectivity index (χ3v) is 3.52. The fraction of sp³-hybridized carbons (Fsp3) is 0.625. The van der Waals surface area contributed by atoms with Gasteiger partial charge in [0, 0.05) is 18.0 Å². The summed E-state index contributed by atoms with van der Waals surface area (Å²) in [5.74, 6) is 1.88. The van der Waals surface area contributed by atoms with E-state index < -0.39 is 0 Å². The molecule has 0 saturated carbocycles. The fourth-order valence-electron chi connectivity index (χ4n) is 2.33. The number of ether oxygens (including phenoxy) is 2. The van der Waals surface area contributed by atoms with E-state index in [0.717, 1.165) is 31.1 Å². The highest BCUT2D eigenvalue weighted by molar-refractivity contribution is 5.43. The molecule has 106 valence electrons. The monoisotopic (exact) mass is 263 g/mol. The minimum Gasteiger partial charge on any atom is -0.497 e. The Bertz CT molecular complexity index is 423. The summed E-state index contributed by atoms with van der Waals surface area (Å²) in [4.78, 5) is 0. The summed E-state index contributed by atoms with van der Waals surface area (Å²) in [6.45, 7) is 8.64. The van der Waals surface area contributed by atoms with Gasteiger partial charge in [0.15, 0.2) is 0 Å². The molecule has 0 spiro atoms. The van der Waals surface area contributed by atoms with Gasteiger partial charge < -0.3 is 14.8 Å². The number of hydrogen-bond donors (Lipinski definition) is 1. The number of rotatable bonds is 4. The largest absolute Gasteiger partial charge is 0.497 e. The van der Waals surface area contributed by atoms with E-state index in [4.69, 9.17) is 9.47 Å². The van der Waals surface area contributed by atoms with Crippen molar-refractivity contribution in [2.75, 3.05) is 20.3 Å². The maximum atomic E-state index is 5.70. The van der Waals surface area contributed by atoms with Crippen molar-refractivity contribution in [3.8, 4) is 11.5 Å². The van der Waals surface area contributed by atoms with Gasteiger partial charge in [-0.1, -0.05) is 20.8 Å². The summed E-state index contributed by atoms with van der Waals surface area (Å²) in [7, 11) is 1.70. The third-order valence-electron chi connectivity index (χ3n) is 3.52. The molecule has 0 bridgehead atoms. The van der Waals surface area contributed by atoms with Crippen LogP contribution in [0.2, 0.25) is 0 Å². The van der Waals surface area contributed by atoms with E-state index in [2.05, 4.69) is 32.2 Å². The Morgan fingerprint density at radius 3 is 2.84 bits per heavy atom. The average molecular weight is 263 g/mol. The molecular formula is C16H25NO2. The van der Waals surface area contributed by atoms with E-state index in [9.17, 15) is 0 Å². The van der Waals surface area contributed by atoms with Crippen LogP contribution in [0.15, 0.2) is 18.2 Å². The predicted octanol–water partition coefficient (Wildman–Crippen LogP) is 3.54. The van der Waals surface area contributed by atoms with Crippen molar-refractivity contribution in [1.82, 2.24) is 5.32 Å². The molecule has 3 heteroatoms. The predicted molar refractivity (Wildman–Crippen MR) is 77.9 cm³/mol. The molecule has 1 aliphatic heterocycles. The molecule has 2 rings (SSSR count). The van der Waals surface area contributed by atoms with Crippen LogP contribution in [0.25, 0.3) is 0 Å². The quantitative estimate of drug-likeness (QED) is 0.901. The van der Waals surface area contributed by atoms with E-state index in [1.807, 2.05) is 12.1 Å². The van der Waals surface area contributed by atoms with E-state index >= 15 is 0 Å². The second kappa shape index (κ2) is 5.83. The zero-order valence-electron chi connectivity index (χ0n) is 12.5. The lowest BCUT2D eigenvalue weighted by atomic mass is 9.92. The second-order valence-corrected chi connectivity index (χ2v) is 6.36. The molecule has 0 amide bonds. The molecule has 1 aliphatic rings. The highest BCUT2D eigenvalue weighted by atomic mass is 16.5. The van der Waals surface area contributed by atoms with Crippen molar-refractivity contribution >= 4 is 0 Å². The minimum atomic E-state index is 0.370. The maximum absolute atomic E-state index is 5.70. The van der Waals surface area contributed by atoms with Crippen molar-refractivity contribution in [2.24, 2.45) is 5.41 Å². The lowest BCUT2D eigenvalue weighted by Gasteiger charge is -2.28. The zero-order chi connectivity index (χ0) is 13.9. The molecule has 1 atom stereocenters. The number of fused-ring (bicyclic) bond motifs is 1. The van der Waals surface area contributed by atoms with Crippen LogP contribution in [0.4, 0.5) is 0 Å². The molecule has 0 saturated heterocycles. The van der Waals surface area contributed by atoms with Gasteiger partial charge in [-0.15, -0.1) is 0 Å². The van der Waals surface area contributed by atoms with Gasteiger partial charge >= 0.3 is 0 Å². The first kappa shape index (κ1) is 14.2. The summed E-state index contributed by atoms with van der Waals surface area (Å²) < 4.78 is 11.0. The van der Waals surface area contributed by atoms with Crippen molar-refractivity contribution in [2.45, 2.75) is 39.7 Å². The van der Waals surface area contributed by atoms with Gasteiger partial charge in [0.1, 0.15) is 11.5 Å². The normalized spacial score (nSPS) is 18.6. The minimum absolute atomic E-state index is 0.370. The van der Waals surface area contributed by atoms with Gasteiger partial charge in [-0.05, 0) is 36.6 Å². The summed E-state index contributed by atoms with van der Waals surface area (Å²) in [5.41, 5.74) is 1.59. The van der Waals surface area contributed by atoms with Crippen molar-refractivity contribution in [3.05, 3.63) is 23.8 Å². The highest BCUT2D eigenvalue weighted by Gasteiger charge is 2.22. The Morgan fingerprint density at radius 1 is 1.37 bits per heavy atom.